The van der Waals surface area contributed by atoms with E-state index in [0.717, 1.165) is 31.7 Å². The molecule has 0 bridgehead atoms. The molecular formula is C25H25F2N3O4. The number of amides is 2. The van der Waals surface area contributed by atoms with Gasteiger partial charge in [0.15, 0.2) is 0 Å². The molecule has 4 N–H and O–H groups in total. The molecule has 178 valence electrons. The van der Waals surface area contributed by atoms with Gasteiger partial charge in [0.2, 0.25) is 5.88 Å². The second-order valence-electron chi connectivity index (χ2n) is 7.72. The molecule has 3 aromatic rings. The number of aromatic hydroxyl groups is 1. The van der Waals surface area contributed by atoms with Crippen molar-refractivity contribution in [3.8, 4) is 17.4 Å². The van der Waals surface area contributed by atoms with Crippen LogP contribution in [0.4, 0.5) is 8.78 Å². The Morgan fingerprint density at radius 1 is 1.00 bits per heavy atom. The molecule has 2 amide bonds. The highest BCUT2D eigenvalue weighted by Crippen LogP contribution is 2.24. The fourth-order valence-corrected chi connectivity index (χ4v) is 3.53. The number of pyridine rings is 1. The number of nitrogens with one attached hydrogen (secondary N) is 1. The predicted octanol–water partition coefficient (Wildman–Crippen LogP) is 4.71. The van der Waals surface area contributed by atoms with E-state index >= 15 is 0 Å². The Hall–Kier alpha value is -4.01. The van der Waals surface area contributed by atoms with Crippen molar-refractivity contribution in [2.75, 3.05) is 0 Å². The second kappa shape index (κ2) is 11.7. The minimum Gasteiger partial charge on any atom is -0.507 e. The monoisotopic (exact) mass is 469 g/mol. The Balaban J connectivity index is 0.000000248. The zero-order chi connectivity index (χ0) is 24.5. The van der Waals surface area contributed by atoms with Crippen LogP contribution in [-0.4, -0.2) is 27.9 Å². The number of rotatable bonds is 5. The first-order valence-corrected chi connectivity index (χ1v) is 10.8. The van der Waals surface area contributed by atoms with Crippen molar-refractivity contribution in [3.63, 3.8) is 0 Å². The predicted molar refractivity (Wildman–Crippen MR) is 122 cm³/mol. The van der Waals surface area contributed by atoms with Crippen LogP contribution in [0.5, 0.6) is 17.4 Å². The number of nitrogens with two attached hydrogens (primary N) is 1. The van der Waals surface area contributed by atoms with Crippen LogP contribution in [0, 0.1) is 11.6 Å². The second-order valence-corrected chi connectivity index (χ2v) is 7.72. The molecule has 0 spiro atoms. The zero-order valence-electron chi connectivity index (χ0n) is 18.3. The fourth-order valence-electron chi connectivity index (χ4n) is 3.53. The first kappa shape index (κ1) is 24.6. The van der Waals surface area contributed by atoms with Crippen molar-refractivity contribution in [2.24, 2.45) is 5.73 Å². The molecule has 4 rings (SSSR count). The third-order valence-electron chi connectivity index (χ3n) is 5.22. The third-order valence-corrected chi connectivity index (χ3v) is 5.22. The number of benzene rings is 2. The SMILES string of the molecule is NC(=O)c1c(O)cccc1F.O=C(NC1CCCCC1)c1cccnc1Oc1ccc(F)cc1. The van der Waals surface area contributed by atoms with E-state index in [1.165, 1.54) is 42.8 Å². The van der Waals surface area contributed by atoms with Crippen molar-refractivity contribution in [2.45, 2.75) is 38.1 Å². The number of carbonyl (C=O) groups is 2. The molecule has 2 aromatic carbocycles. The number of phenols is 1. The van der Waals surface area contributed by atoms with Gasteiger partial charge in [-0.15, -0.1) is 0 Å². The highest BCUT2D eigenvalue weighted by molar-refractivity contribution is 5.96. The van der Waals surface area contributed by atoms with Crippen molar-refractivity contribution in [3.05, 3.63) is 83.6 Å². The van der Waals surface area contributed by atoms with Crippen LogP contribution in [0.15, 0.2) is 60.8 Å². The van der Waals surface area contributed by atoms with Gasteiger partial charge in [0.1, 0.15) is 34.3 Å². The lowest BCUT2D eigenvalue weighted by Crippen LogP contribution is -2.36. The quantitative estimate of drug-likeness (QED) is 0.501. The van der Waals surface area contributed by atoms with E-state index in [9.17, 15) is 18.4 Å². The average Bonchev–Trinajstić information content (AvgIpc) is 2.82. The summed E-state index contributed by atoms with van der Waals surface area (Å²) < 4.78 is 31.2. The van der Waals surface area contributed by atoms with Gasteiger partial charge in [0, 0.05) is 12.2 Å². The van der Waals surface area contributed by atoms with E-state index in [-0.39, 0.29) is 23.6 Å². The summed E-state index contributed by atoms with van der Waals surface area (Å²) in [6, 6.07) is 12.8. The van der Waals surface area contributed by atoms with Crippen LogP contribution < -0.4 is 15.8 Å². The topological polar surface area (TPSA) is 115 Å². The molecule has 1 aliphatic rings. The van der Waals surface area contributed by atoms with Crippen LogP contribution in [0.3, 0.4) is 0 Å². The Morgan fingerprint density at radius 2 is 1.71 bits per heavy atom. The lowest BCUT2D eigenvalue weighted by molar-refractivity contribution is 0.0923. The van der Waals surface area contributed by atoms with Gasteiger partial charge in [-0.05, 0) is 61.4 Å². The molecule has 1 saturated carbocycles. The van der Waals surface area contributed by atoms with E-state index in [2.05, 4.69) is 10.3 Å². The Labute approximate surface area is 195 Å². The first-order valence-electron chi connectivity index (χ1n) is 10.8. The maximum Gasteiger partial charge on any atom is 0.257 e. The van der Waals surface area contributed by atoms with Gasteiger partial charge in [-0.1, -0.05) is 25.3 Å². The maximum absolute atomic E-state index is 13.0. The summed E-state index contributed by atoms with van der Waals surface area (Å²) in [5.74, 6) is -2.06. The van der Waals surface area contributed by atoms with Crippen molar-refractivity contribution >= 4 is 11.8 Å². The van der Waals surface area contributed by atoms with Crippen LogP contribution >= 0.6 is 0 Å². The molecule has 34 heavy (non-hydrogen) atoms. The summed E-state index contributed by atoms with van der Waals surface area (Å²) in [7, 11) is 0. The third kappa shape index (κ3) is 6.74. The minimum atomic E-state index is -0.972. The molecule has 1 aliphatic carbocycles. The number of primary amides is 1. The van der Waals surface area contributed by atoms with Crippen LogP contribution in [0.25, 0.3) is 0 Å². The molecule has 1 fully saturated rings. The number of ether oxygens (including phenoxy) is 1. The van der Waals surface area contributed by atoms with Crippen LogP contribution in [0.1, 0.15) is 52.8 Å². The maximum atomic E-state index is 13.0. The molecule has 0 unspecified atom stereocenters. The zero-order valence-corrected chi connectivity index (χ0v) is 18.3. The van der Waals surface area contributed by atoms with E-state index < -0.39 is 23.0 Å². The normalized spacial score (nSPS) is 13.4. The van der Waals surface area contributed by atoms with Gasteiger partial charge >= 0.3 is 0 Å². The molecular weight excluding hydrogens is 444 g/mol. The van der Waals surface area contributed by atoms with Gasteiger partial charge in [-0.3, -0.25) is 9.59 Å². The molecule has 0 aliphatic heterocycles. The summed E-state index contributed by atoms with van der Waals surface area (Å²) in [6.45, 7) is 0. The fraction of sp³-hybridized carbons (Fsp3) is 0.240. The lowest BCUT2D eigenvalue weighted by atomic mass is 9.95. The number of hydrogen-bond acceptors (Lipinski definition) is 5. The number of halogens is 2. The summed E-state index contributed by atoms with van der Waals surface area (Å²) in [5, 5.41) is 12.0. The number of carbonyl (C=O) groups excluding carboxylic acids is 2. The number of aromatic nitrogens is 1. The highest BCUT2D eigenvalue weighted by Gasteiger charge is 2.20. The lowest BCUT2D eigenvalue weighted by Gasteiger charge is -2.23. The van der Waals surface area contributed by atoms with E-state index in [0.29, 0.717) is 11.3 Å². The van der Waals surface area contributed by atoms with Crippen molar-refractivity contribution < 1.29 is 28.2 Å². The Morgan fingerprint density at radius 3 is 2.32 bits per heavy atom. The van der Waals surface area contributed by atoms with E-state index in [1.54, 1.807) is 18.3 Å². The van der Waals surface area contributed by atoms with Gasteiger partial charge in [-0.2, -0.15) is 0 Å². The van der Waals surface area contributed by atoms with Crippen LogP contribution in [0.2, 0.25) is 0 Å². The molecule has 1 aromatic heterocycles. The van der Waals surface area contributed by atoms with E-state index in [1.807, 2.05) is 0 Å². The molecule has 0 saturated heterocycles. The first-order chi connectivity index (χ1) is 16.3. The molecule has 0 radical (unpaired) electrons. The van der Waals surface area contributed by atoms with Gasteiger partial charge < -0.3 is 20.9 Å². The van der Waals surface area contributed by atoms with Crippen molar-refractivity contribution in [1.29, 1.82) is 0 Å². The van der Waals surface area contributed by atoms with E-state index in [4.69, 9.17) is 15.6 Å². The average molecular weight is 469 g/mol. The van der Waals surface area contributed by atoms with Gasteiger partial charge in [-0.25, -0.2) is 13.8 Å². The Kier molecular flexibility index (Phi) is 8.50. The standard InChI is InChI=1S/C18H19FN2O2.C7H6FNO2/c19-13-8-10-15(11-9-13)23-18-16(7-4-12-20-18)17(22)21-14-5-2-1-3-6-14;8-4-2-1-3-5(10)6(4)7(9)11/h4,7-12,14H,1-3,5-6H2,(H,21,22);1-3,10H,(H2,9,11). The highest BCUT2D eigenvalue weighted by atomic mass is 19.1. The van der Waals surface area contributed by atoms with Gasteiger partial charge in [0.05, 0.1) is 0 Å². The largest absolute Gasteiger partial charge is 0.507 e. The van der Waals surface area contributed by atoms with Crippen molar-refractivity contribution in [1.82, 2.24) is 10.3 Å². The molecule has 0 atom stereocenters. The number of nitrogens with zero attached hydrogens (tertiary/aromatic N) is 1. The molecule has 1 heterocycles. The minimum absolute atomic E-state index is 0.179. The Bertz CT molecular complexity index is 1110. The summed E-state index contributed by atoms with van der Waals surface area (Å²) in [4.78, 5) is 27.1. The summed E-state index contributed by atoms with van der Waals surface area (Å²) in [6.07, 6.45) is 7.13. The number of hydrogen-bond donors (Lipinski definition) is 3. The molecule has 9 heteroatoms. The summed E-state index contributed by atoms with van der Waals surface area (Å²) in [5.41, 5.74) is 4.70. The van der Waals surface area contributed by atoms with Gasteiger partial charge in [0.25, 0.3) is 11.8 Å². The van der Waals surface area contributed by atoms with Crippen LogP contribution in [-0.2, 0) is 0 Å². The molecule has 7 nitrogen and oxygen atoms in total. The summed E-state index contributed by atoms with van der Waals surface area (Å²) >= 11 is 0. The smallest absolute Gasteiger partial charge is 0.257 e.